The fourth-order valence-electron chi connectivity index (χ4n) is 3.57. The smallest absolute Gasteiger partial charge is 0.315 e. The van der Waals surface area contributed by atoms with Crippen molar-refractivity contribution in [3.63, 3.8) is 0 Å². The fourth-order valence-corrected chi connectivity index (χ4v) is 3.57. The lowest BCUT2D eigenvalue weighted by atomic mass is 9.94. The maximum Gasteiger partial charge on any atom is 0.315 e. The van der Waals surface area contributed by atoms with E-state index in [4.69, 9.17) is 9.47 Å². The van der Waals surface area contributed by atoms with Crippen LogP contribution >= 0.6 is 0 Å². The molecule has 6 nitrogen and oxygen atoms in total. The third-order valence-corrected chi connectivity index (χ3v) is 5.32. The second-order valence-electron chi connectivity index (χ2n) is 7.78. The molecule has 6 heteroatoms. The van der Waals surface area contributed by atoms with Gasteiger partial charge in [0.1, 0.15) is 12.2 Å². The molecule has 0 heterocycles. The molecule has 1 atom stereocenters. The first-order chi connectivity index (χ1) is 16.0. The van der Waals surface area contributed by atoms with Crippen LogP contribution in [0.15, 0.2) is 67.3 Å². The molecule has 0 N–H and O–H groups in total. The Kier molecular flexibility index (Phi) is 10.9. The zero-order valence-corrected chi connectivity index (χ0v) is 19.5. The Balaban J connectivity index is 1.97. The minimum Gasteiger partial charge on any atom is -0.497 e. The van der Waals surface area contributed by atoms with Gasteiger partial charge in [0.2, 0.25) is 11.8 Å². The molecule has 2 aromatic carbocycles. The van der Waals surface area contributed by atoms with Gasteiger partial charge in [0.05, 0.1) is 20.3 Å². The predicted octanol–water partition coefficient (Wildman–Crippen LogP) is 4.72. The van der Waals surface area contributed by atoms with E-state index in [9.17, 15) is 14.4 Å². The summed E-state index contributed by atoms with van der Waals surface area (Å²) in [5, 5.41) is 0. The number of amides is 2. The van der Waals surface area contributed by atoms with E-state index < -0.39 is 18.3 Å². The second kappa shape index (κ2) is 13.9. The summed E-state index contributed by atoms with van der Waals surface area (Å²) >= 11 is 0. The van der Waals surface area contributed by atoms with Crippen molar-refractivity contribution in [2.45, 2.75) is 45.6 Å². The monoisotopic (exact) mass is 451 g/mol. The number of hydrogen-bond acceptors (Lipinski definition) is 5. The van der Waals surface area contributed by atoms with E-state index in [1.807, 2.05) is 60.7 Å². The van der Waals surface area contributed by atoms with Crippen molar-refractivity contribution in [2.24, 2.45) is 5.92 Å². The van der Waals surface area contributed by atoms with Gasteiger partial charge in [-0.3, -0.25) is 19.3 Å². The molecule has 0 aromatic heterocycles. The fraction of sp³-hybridized carbons (Fsp3) is 0.370. The van der Waals surface area contributed by atoms with Crippen molar-refractivity contribution in [2.75, 3.05) is 13.7 Å². The van der Waals surface area contributed by atoms with Gasteiger partial charge in [0.15, 0.2) is 0 Å². The van der Waals surface area contributed by atoms with Crippen molar-refractivity contribution >= 4 is 17.8 Å². The van der Waals surface area contributed by atoms with Crippen LogP contribution in [0, 0.1) is 5.92 Å². The molecular formula is C27H33NO5. The van der Waals surface area contributed by atoms with Crippen LogP contribution in [0.2, 0.25) is 0 Å². The summed E-state index contributed by atoms with van der Waals surface area (Å²) in [6.07, 6.45) is 3.83. The summed E-state index contributed by atoms with van der Waals surface area (Å²) in [7, 11) is 1.64. The van der Waals surface area contributed by atoms with Gasteiger partial charge >= 0.3 is 5.97 Å². The third kappa shape index (κ3) is 8.93. The molecule has 0 fully saturated rings. The Bertz CT molecular complexity index is 925. The Morgan fingerprint density at radius 2 is 1.76 bits per heavy atom. The molecule has 0 spiro atoms. The quantitative estimate of drug-likeness (QED) is 0.250. The number of methoxy groups -OCH3 is 1. The average Bonchev–Trinajstić information content (AvgIpc) is 2.82. The lowest BCUT2D eigenvalue weighted by Gasteiger charge is -2.21. The molecule has 0 aliphatic carbocycles. The number of carbonyl (C=O) groups is 3. The number of rotatable bonds is 13. The lowest BCUT2D eigenvalue weighted by Crippen LogP contribution is -2.37. The molecule has 2 amide bonds. The van der Waals surface area contributed by atoms with Crippen LogP contribution in [0.3, 0.4) is 0 Å². The zero-order valence-electron chi connectivity index (χ0n) is 19.5. The van der Waals surface area contributed by atoms with Gasteiger partial charge in [-0.15, -0.1) is 6.58 Å². The minimum absolute atomic E-state index is 0.132. The summed E-state index contributed by atoms with van der Waals surface area (Å²) < 4.78 is 10.2. The standard InChI is InChI=1S/C27H33NO5/c1-4-21(17-23-14-9-15-24(18-23)32-3)13-10-16-25(29)28(20-22-11-7-6-8-12-22)26(30)19-27(31)33-5-2/h4,6-9,11-12,14-15,18,21H,1,5,10,13,16-17,19-20H2,2-3H3. The van der Waals surface area contributed by atoms with Crippen LogP contribution in [-0.2, 0) is 32.1 Å². The van der Waals surface area contributed by atoms with Crippen LogP contribution in [0.25, 0.3) is 0 Å². The molecule has 0 radical (unpaired) electrons. The molecule has 2 aromatic rings. The lowest BCUT2D eigenvalue weighted by molar-refractivity contribution is -0.152. The highest BCUT2D eigenvalue weighted by atomic mass is 16.5. The van der Waals surface area contributed by atoms with Gasteiger partial charge in [-0.1, -0.05) is 48.5 Å². The highest BCUT2D eigenvalue weighted by molar-refractivity contribution is 6.02. The highest BCUT2D eigenvalue weighted by Crippen LogP contribution is 2.20. The molecular weight excluding hydrogens is 418 g/mol. The van der Waals surface area contributed by atoms with E-state index in [0.29, 0.717) is 6.42 Å². The Morgan fingerprint density at radius 1 is 1.03 bits per heavy atom. The predicted molar refractivity (Wildman–Crippen MR) is 127 cm³/mol. The van der Waals surface area contributed by atoms with Gasteiger partial charge in [-0.25, -0.2) is 0 Å². The number of nitrogens with zero attached hydrogens (tertiary/aromatic N) is 1. The molecule has 176 valence electrons. The Hall–Kier alpha value is -3.41. The molecule has 0 saturated heterocycles. The summed E-state index contributed by atoms with van der Waals surface area (Å²) in [5.41, 5.74) is 1.96. The Morgan fingerprint density at radius 3 is 2.42 bits per heavy atom. The number of hydrogen-bond donors (Lipinski definition) is 0. The van der Waals surface area contributed by atoms with Crippen LogP contribution < -0.4 is 4.74 Å². The van der Waals surface area contributed by atoms with Crippen LogP contribution in [-0.4, -0.2) is 36.4 Å². The maximum atomic E-state index is 13.0. The first kappa shape index (κ1) is 25.8. The first-order valence-corrected chi connectivity index (χ1v) is 11.2. The summed E-state index contributed by atoms with van der Waals surface area (Å²) in [6.45, 7) is 5.93. The number of ether oxygens (including phenoxy) is 2. The van der Waals surface area contributed by atoms with E-state index in [0.717, 1.165) is 34.6 Å². The molecule has 0 saturated carbocycles. The molecule has 2 rings (SSSR count). The minimum atomic E-state index is -0.627. The Labute approximate surface area is 196 Å². The van der Waals surface area contributed by atoms with Crippen LogP contribution in [0.1, 0.15) is 43.7 Å². The maximum absolute atomic E-state index is 13.0. The SMILES string of the molecule is C=CC(CCCC(=O)N(Cc1ccccc1)C(=O)CC(=O)OCC)Cc1cccc(OC)c1. The second-order valence-corrected chi connectivity index (χ2v) is 7.78. The number of carbonyl (C=O) groups excluding carboxylic acids is 3. The number of allylic oxidation sites excluding steroid dienone is 1. The van der Waals surface area contributed by atoms with Gasteiger partial charge in [-0.05, 0) is 55.4 Å². The number of esters is 1. The highest BCUT2D eigenvalue weighted by Gasteiger charge is 2.24. The van der Waals surface area contributed by atoms with Crippen LogP contribution in [0.5, 0.6) is 5.75 Å². The van der Waals surface area contributed by atoms with Crippen LogP contribution in [0.4, 0.5) is 0 Å². The van der Waals surface area contributed by atoms with E-state index >= 15 is 0 Å². The molecule has 0 bridgehead atoms. The van der Waals surface area contributed by atoms with Crippen molar-refractivity contribution in [3.05, 3.63) is 78.4 Å². The first-order valence-electron chi connectivity index (χ1n) is 11.2. The average molecular weight is 452 g/mol. The van der Waals surface area contributed by atoms with Crippen molar-refractivity contribution < 1.29 is 23.9 Å². The number of benzene rings is 2. The molecule has 0 aliphatic heterocycles. The zero-order chi connectivity index (χ0) is 24.1. The number of imide groups is 1. The van der Waals surface area contributed by atoms with Crippen molar-refractivity contribution in [3.8, 4) is 5.75 Å². The molecule has 1 unspecified atom stereocenters. The largest absolute Gasteiger partial charge is 0.497 e. The van der Waals surface area contributed by atoms with E-state index in [2.05, 4.69) is 6.58 Å². The normalized spacial score (nSPS) is 11.3. The summed E-state index contributed by atoms with van der Waals surface area (Å²) in [6, 6.07) is 17.2. The third-order valence-electron chi connectivity index (χ3n) is 5.32. The van der Waals surface area contributed by atoms with Gasteiger partial charge in [0.25, 0.3) is 0 Å². The topological polar surface area (TPSA) is 72.9 Å². The summed E-state index contributed by atoms with van der Waals surface area (Å²) in [5.74, 6) is -0.459. The van der Waals surface area contributed by atoms with E-state index in [1.165, 1.54) is 0 Å². The van der Waals surface area contributed by atoms with Gasteiger partial charge < -0.3 is 9.47 Å². The summed E-state index contributed by atoms with van der Waals surface area (Å²) in [4.78, 5) is 38.6. The van der Waals surface area contributed by atoms with Crippen molar-refractivity contribution in [1.29, 1.82) is 0 Å². The van der Waals surface area contributed by atoms with E-state index in [-0.39, 0.29) is 31.4 Å². The molecule has 33 heavy (non-hydrogen) atoms. The van der Waals surface area contributed by atoms with Crippen molar-refractivity contribution in [1.82, 2.24) is 4.90 Å². The van der Waals surface area contributed by atoms with Gasteiger partial charge in [0, 0.05) is 6.42 Å². The van der Waals surface area contributed by atoms with Gasteiger partial charge in [-0.2, -0.15) is 0 Å². The molecule has 0 aliphatic rings. The van der Waals surface area contributed by atoms with E-state index in [1.54, 1.807) is 14.0 Å².